The van der Waals surface area contributed by atoms with E-state index in [1.165, 1.54) is 12.7 Å². The van der Waals surface area contributed by atoms with E-state index in [1.807, 2.05) is 79.7 Å². The first-order chi connectivity index (χ1) is 29.1. The number of hydrogen-bond donors (Lipinski definition) is 1. The van der Waals surface area contributed by atoms with E-state index in [0.29, 0.717) is 88.5 Å². The van der Waals surface area contributed by atoms with E-state index >= 15 is 0 Å². The number of hydrogen-bond acceptors (Lipinski definition) is 10. The van der Waals surface area contributed by atoms with Gasteiger partial charge in [-0.15, -0.1) is 0 Å². The molecule has 0 radical (unpaired) electrons. The molecule has 304 valence electrons. The number of nitrogens with one attached hydrogen (secondary N) is 1. The van der Waals surface area contributed by atoms with Crippen LogP contribution < -0.4 is 24.3 Å². The maximum absolute atomic E-state index is 14.1. The summed E-state index contributed by atoms with van der Waals surface area (Å²) in [6, 6.07) is 26.1. The zero-order valence-corrected chi connectivity index (χ0v) is 33.8. The van der Waals surface area contributed by atoms with Gasteiger partial charge in [0.2, 0.25) is 5.91 Å². The van der Waals surface area contributed by atoms with Gasteiger partial charge in [0.05, 0.1) is 60.2 Å². The number of pyridine rings is 1. The summed E-state index contributed by atoms with van der Waals surface area (Å²) in [5.41, 5.74) is 8.34. The van der Waals surface area contributed by atoms with E-state index in [4.69, 9.17) is 33.9 Å². The van der Waals surface area contributed by atoms with Crippen molar-refractivity contribution in [2.45, 2.75) is 65.1 Å². The molecule has 0 unspecified atom stereocenters. The first-order valence-electron chi connectivity index (χ1n) is 20.0. The van der Waals surface area contributed by atoms with Crippen LogP contribution in [0.1, 0.15) is 68.2 Å². The van der Waals surface area contributed by atoms with Crippen molar-refractivity contribution < 1.29 is 33.3 Å². The molecular formula is C47H44N6O7. The SMILES string of the molecule is COc1cc2c(cc1OCc1cccc(COc3cc4c(cc3OC)C(=O)N3Cc5cc(NC(=O)C(C)C)ccc5C[C@H]3C=N4)n1)N=C[C@@H]1Cc3ccccc3CN1C2=O. The monoisotopic (exact) mass is 804 g/mol. The van der Waals surface area contributed by atoms with Crippen molar-refractivity contribution in [2.24, 2.45) is 15.9 Å². The van der Waals surface area contributed by atoms with Gasteiger partial charge in [0, 0.05) is 49.3 Å². The molecule has 1 N–H and O–H groups in total. The minimum atomic E-state index is -0.236. The Morgan fingerprint density at radius 2 is 1.20 bits per heavy atom. The molecule has 3 amide bonds. The summed E-state index contributed by atoms with van der Waals surface area (Å²) >= 11 is 0. The maximum Gasteiger partial charge on any atom is 0.257 e. The Morgan fingerprint density at radius 1 is 0.667 bits per heavy atom. The Bertz CT molecular complexity index is 2600. The third-order valence-corrected chi connectivity index (χ3v) is 11.4. The predicted octanol–water partition coefficient (Wildman–Crippen LogP) is 7.42. The number of benzene rings is 4. The van der Waals surface area contributed by atoms with Crippen LogP contribution in [0.25, 0.3) is 0 Å². The molecule has 4 aliphatic rings. The highest BCUT2D eigenvalue weighted by Crippen LogP contribution is 2.41. The van der Waals surface area contributed by atoms with E-state index < -0.39 is 0 Å². The van der Waals surface area contributed by atoms with Crippen molar-refractivity contribution in [1.29, 1.82) is 0 Å². The van der Waals surface area contributed by atoms with Gasteiger partial charge in [-0.2, -0.15) is 0 Å². The molecule has 2 atom stereocenters. The highest BCUT2D eigenvalue weighted by Gasteiger charge is 2.35. The Labute approximate surface area is 347 Å². The molecule has 1 aromatic heterocycles. The highest BCUT2D eigenvalue weighted by molar-refractivity contribution is 6.04. The Balaban J connectivity index is 0.879. The summed E-state index contributed by atoms with van der Waals surface area (Å²) in [5, 5.41) is 2.96. The van der Waals surface area contributed by atoms with Crippen LogP contribution in [0.5, 0.6) is 23.0 Å². The van der Waals surface area contributed by atoms with Crippen molar-refractivity contribution in [3.63, 3.8) is 0 Å². The van der Waals surface area contributed by atoms with Crippen molar-refractivity contribution in [1.82, 2.24) is 14.8 Å². The molecule has 13 nitrogen and oxygen atoms in total. The minimum absolute atomic E-state index is 0.0603. The molecule has 9 rings (SSSR count). The third-order valence-electron chi connectivity index (χ3n) is 11.4. The number of anilines is 1. The molecule has 0 spiro atoms. The van der Waals surface area contributed by atoms with Gasteiger partial charge >= 0.3 is 0 Å². The summed E-state index contributed by atoms with van der Waals surface area (Å²) in [6.45, 7) is 4.83. The molecule has 4 aliphatic heterocycles. The van der Waals surface area contributed by atoms with Gasteiger partial charge in [-0.05, 0) is 71.5 Å². The van der Waals surface area contributed by atoms with Crippen LogP contribution in [0.4, 0.5) is 17.1 Å². The van der Waals surface area contributed by atoms with Gasteiger partial charge in [0.15, 0.2) is 23.0 Å². The quantitative estimate of drug-likeness (QED) is 0.154. The molecule has 0 saturated heterocycles. The van der Waals surface area contributed by atoms with Gasteiger partial charge in [0.1, 0.15) is 13.2 Å². The summed E-state index contributed by atoms with van der Waals surface area (Å²) < 4.78 is 23.9. The lowest BCUT2D eigenvalue weighted by Gasteiger charge is -2.34. The number of methoxy groups -OCH3 is 2. The van der Waals surface area contributed by atoms with Crippen LogP contribution in [0, 0.1) is 5.92 Å². The van der Waals surface area contributed by atoms with Crippen LogP contribution in [0.15, 0.2) is 94.9 Å². The van der Waals surface area contributed by atoms with Gasteiger partial charge in [-0.1, -0.05) is 50.2 Å². The number of rotatable bonds is 10. The van der Waals surface area contributed by atoms with Crippen molar-refractivity contribution in [2.75, 3.05) is 19.5 Å². The van der Waals surface area contributed by atoms with Crippen molar-refractivity contribution in [3.8, 4) is 23.0 Å². The highest BCUT2D eigenvalue weighted by atomic mass is 16.5. The molecule has 0 saturated carbocycles. The average Bonchev–Trinajstić information content (AvgIpc) is 3.48. The normalized spacial score (nSPS) is 17.3. The topological polar surface area (TPSA) is 144 Å². The van der Waals surface area contributed by atoms with E-state index in [-0.39, 0.29) is 48.9 Å². The zero-order valence-electron chi connectivity index (χ0n) is 33.8. The van der Waals surface area contributed by atoms with Crippen molar-refractivity contribution >= 4 is 47.2 Å². The second kappa shape index (κ2) is 16.0. The van der Waals surface area contributed by atoms with Gasteiger partial charge in [-0.25, -0.2) is 0 Å². The summed E-state index contributed by atoms with van der Waals surface area (Å²) in [4.78, 5) is 58.1. The zero-order chi connectivity index (χ0) is 41.5. The Hall–Kier alpha value is -7.02. The lowest BCUT2D eigenvalue weighted by atomic mass is 9.93. The molecule has 4 aromatic carbocycles. The third kappa shape index (κ3) is 7.42. The number of aliphatic imine (C=N–C) groups is 2. The number of carbonyl (C=O) groups excluding carboxylic acids is 3. The number of nitrogens with zero attached hydrogens (tertiary/aromatic N) is 5. The lowest BCUT2D eigenvalue weighted by molar-refractivity contribution is -0.118. The fourth-order valence-corrected chi connectivity index (χ4v) is 8.07. The van der Waals surface area contributed by atoms with Gasteiger partial charge < -0.3 is 34.1 Å². The first kappa shape index (κ1) is 38.5. The second-order valence-corrected chi connectivity index (χ2v) is 15.6. The Kier molecular flexibility index (Phi) is 10.2. The molecule has 0 fully saturated rings. The molecule has 0 aliphatic carbocycles. The van der Waals surface area contributed by atoms with Crippen LogP contribution in [0.2, 0.25) is 0 Å². The number of carbonyl (C=O) groups is 3. The van der Waals surface area contributed by atoms with E-state index in [2.05, 4.69) is 17.4 Å². The van der Waals surface area contributed by atoms with E-state index in [0.717, 1.165) is 16.7 Å². The number of aromatic nitrogens is 1. The smallest absolute Gasteiger partial charge is 0.257 e. The van der Waals surface area contributed by atoms with Crippen LogP contribution >= 0.6 is 0 Å². The number of amides is 3. The van der Waals surface area contributed by atoms with Gasteiger partial charge in [0.25, 0.3) is 11.8 Å². The average molecular weight is 805 g/mol. The minimum Gasteiger partial charge on any atom is -0.493 e. The van der Waals surface area contributed by atoms with E-state index in [1.54, 1.807) is 36.3 Å². The second-order valence-electron chi connectivity index (χ2n) is 15.6. The molecular weight excluding hydrogens is 761 g/mol. The van der Waals surface area contributed by atoms with E-state index in [9.17, 15) is 14.4 Å². The van der Waals surface area contributed by atoms with Crippen LogP contribution in [-0.2, 0) is 43.9 Å². The summed E-state index contributed by atoms with van der Waals surface area (Å²) in [6.07, 6.45) is 4.97. The lowest BCUT2D eigenvalue weighted by Crippen LogP contribution is -2.44. The largest absolute Gasteiger partial charge is 0.493 e. The predicted molar refractivity (Wildman–Crippen MR) is 226 cm³/mol. The van der Waals surface area contributed by atoms with Gasteiger partial charge in [-0.3, -0.25) is 29.4 Å². The standard InChI is InChI=1S/C47H44N6O7/c1-27(2)45(54)51-32-13-12-29-16-36-22-49-40-20-44(42(58-4)18-38(40)47(56)53(36)24-31(29)14-32)60-26-34-11-7-10-33(50-34)25-59-43-19-39-37(17-41(43)57-3)46(55)52-23-30-9-6-5-8-28(30)15-35(52)21-48-39/h5-14,17-22,27,35-36H,15-16,23-26H2,1-4H3,(H,51,54)/t35-,36-/m0/s1. The summed E-state index contributed by atoms with van der Waals surface area (Å²) in [5.74, 6) is 1.20. The van der Waals surface area contributed by atoms with Crippen LogP contribution in [-0.4, -0.2) is 71.2 Å². The number of ether oxygens (including phenoxy) is 4. The molecule has 5 aromatic rings. The fraction of sp³-hybridized carbons (Fsp3) is 0.277. The van der Waals surface area contributed by atoms with Crippen molar-refractivity contribution in [3.05, 3.63) is 130 Å². The Morgan fingerprint density at radius 3 is 1.75 bits per heavy atom. The molecule has 13 heteroatoms. The molecule has 5 heterocycles. The molecule has 60 heavy (non-hydrogen) atoms. The fourth-order valence-electron chi connectivity index (χ4n) is 8.07. The molecule has 0 bridgehead atoms. The van der Waals surface area contributed by atoms with Crippen LogP contribution in [0.3, 0.4) is 0 Å². The summed E-state index contributed by atoms with van der Waals surface area (Å²) in [7, 11) is 3.08. The number of fused-ring (bicyclic) bond motifs is 6. The first-order valence-corrected chi connectivity index (χ1v) is 20.0. The maximum atomic E-state index is 14.1.